The van der Waals surface area contributed by atoms with Gasteiger partial charge in [0.1, 0.15) is 0 Å². The molecule has 0 spiro atoms. The van der Waals surface area contributed by atoms with E-state index in [0.717, 1.165) is 44.6 Å². The Morgan fingerprint density at radius 3 is 2.00 bits per heavy atom. The van der Waals surface area contributed by atoms with Crippen molar-refractivity contribution in [2.75, 3.05) is 20.3 Å². The second-order valence-corrected chi connectivity index (χ2v) is 12.7. The van der Waals surface area contributed by atoms with Gasteiger partial charge >= 0.3 is 5.97 Å². The number of nitrogens with zero attached hydrogens (tertiary/aromatic N) is 1. The Balaban J connectivity index is 2.03. The van der Waals surface area contributed by atoms with Gasteiger partial charge in [-0.25, -0.2) is 0 Å². The second kappa shape index (κ2) is 16.2. The predicted molar refractivity (Wildman–Crippen MR) is 146 cm³/mol. The molecule has 0 aromatic carbocycles. The molecule has 0 aliphatic carbocycles. The summed E-state index contributed by atoms with van der Waals surface area (Å²) in [5.74, 6) is 0.765. The van der Waals surface area contributed by atoms with E-state index in [-0.39, 0.29) is 22.6 Å². The highest BCUT2D eigenvalue weighted by molar-refractivity contribution is 5.69. The van der Waals surface area contributed by atoms with E-state index in [9.17, 15) is 4.79 Å². The lowest BCUT2D eigenvalue weighted by atomic mass is 9.82. The van der Waals surface area contributed by atoms with E-state index in [2.05, 4.69) is 48.5 Å². The van der Waals surface area contributed by atoms with Crippen LogP contribution < -0.4 is 0 Å². The maximum atomic E-state index is 12.4. The highest BCUT2D eigenvalue weighted by Crippen LogP contribution is 2.38. The number of ether oxygens (including phenoxy) is 2. The molecule has 0 aromatic heterocycles. The first-order valence-electron chi connectivity index (χ1n) is 14.6. The minimum atomic E-state index is -0.186. The summed E-state index contributed by atoms with van der Waals surface area (Å²) < 4.78 is 11.2. The molecule has 1 rings (SSSR count). The molecule has 1 aliphatic heterocycles. The van der Waals surface area contributed by atoms with Crippen LogP contribution in [0.5, 0.6) is 0 Å². The monoisotopic (exact) mass is 497 g/mol. The van der Waals surface area contributed by atoms with Crippen LogP contribution in [0.3, 0.4) is 0 Å². The van der Waals surface area contributed by atoms with Gasteiger partial charge in [-0.3, -0.25) is 4.79 Å². The first-order chi connectivity index (χ1) is 16.4. The summed E-state index contributed by atoms with van der Waals surface area (Å²) in [7, 11) is 1.74. The molecule has 0 amide bonds. The zero-order chi connectivity index (χ0) is 26.4. The van der Waals surface area contributed by atoms with E-state index in [1.807, 2.05) is 5.06 Å². The van der Waals surface area contributed by atoms with Crippen LogP contribution in [0.1, 0.15) is 145 Å². The van der Waals surface area contributed by atoms with Crippen LogP contribution in [0.25, 0.3) is 0 Å². The van der Waals surface area contributed by atoms with Crippen molar-refractivity contribution in [1.82, 2.24) is 5.06 Å². The number of piperidine rings is 1. The Morgan fingerprint density at radius 1 is 0.886 bits per heavy atom. The number of carbonyl (C=O) groups excluding carboxylic acids is 1. The summed E-state index contributed by atoms with van der Waals surface area (Å²) >= 11 is 0. The number of carbonyl (C=O) groups is 1. The molecule has 0 saturated carbocycles. The molecule has 1 aliphatic rings. The summed E-state index contributed by atoms with van der Waals surface area (Å²) in [6.45, 7) is 16.7. The van der Waals surface area contributed by atoms with Crippen molar-refractivity contribution in [3.63, 3.8) is 0 Å². The van der Waals surface area contributed by atoms with Gasteiger partial charge < -0.3 is 14.3 Å². The fourth-order valence-electron chi connectivity index (χ4n) is 5.36. The van der Waals surface area contributed by atoms with Gasteiger partial charge in [-0.05, 0) is 86.0 Å². The van der Waals surface area contributed by atoms with Crippen LogP contribution in [0, 0.1) is 5.92 Å². The fraction of sp³-hybridized carbons (Fsp3) is 0.967. The molecule has 5 heteroatoms. The van der Waals surface area contributed by atoms with Crippen molar-refractivity contribution in [1.29, 1.82) is 0 Å². The molecule has 0 bridgehead atoms. The van der Waals surface area contributed by atoms with Gasteiger partial charge in [-0.15, -0.1) is 5.06 Å². The van der Waals surface area contributed by atoms with Crippen molar-refractivity contribution in [2.45, 2.75) is 161 Å². The van der Waals surface area contributed by atoms with Gasteiger partial charge in [0, 0.05) is 20.1 Å². The number of rotatable bonds is 19. The van der Waals surface area contributed by atoms with Gasteiger partial charge in [0.2, 0.25) is 0 Å². The van der Waals surface area contributed by atoms with Crippen LogP contribution in [0.2, 0.25) is 0 Å². The highest BCUT2D eigenvalue weighted by atomic mass is 16.7. The molecule has 0 radical (unpaired) electrons. The minimum Gasteiger partial charge on any atom is -0.378 e. The lowest BCUT2D eigenvalue weighted by molar-refractivity contribution is -0.265. The molecule has 5 nitrogen and oxygen atoms in total. The van der Waals surface area contributed by atoms with E-state index >= 15 is 0 Å². The molecular weight excluding hydrogens is 438 g/mol. The average molecular weight is 498 g/mol. The summed E-state index contributed by atoms with van der Waals surface area (Å²) in [5.41, 5.74) is -0.346. The quantitative estimate of drug-likeness (QED) is 0.168. The number of methoxy groups -OCH3 is 1. The Kier molecular flexibility index (Phi) is 15.0. The van der Waals surface area contributed by atoms with E-state index in [1.165, 1.54) is 57.8 Å². The first-order valence-corrected chi connectivity index (χ1v) is 14.6. The smallest absolute Gasteiger partial charge is 0.325 e. The molecule has 35 heavy (non-hydrogen) atoms. The van der Waals surface area contributed by atoms with Crippen molar-refractivity contribution < 1.29 is 19.1 Å². The fourth-order valence-corrected chi connectivity index (χ4v) is 5.36. The van der Waals surface area contributed by atoms with Gasteiger partial charge in [-0.2, -0.15) is 0 Å². The number of hydrogen-bond donors (Lipinski definition) is 0. The zero-order valence-corrected chi connectivity index (χ0v) is 24.7. The van der Waals surface area contributed by atoms with Crippen molar-refractivity contribution in [2.24, 2.45) is 5.92 Å². The van der Waals surface area contributed by atoms with Crippen LogP contribution in [-0.2, 0) is 19.1 Å². The Labute approximate surface area is 218 Å². The highest BCUT2D eigenvalue weighted by Gasteiger charge is 2.44. The second-order valence-electron chi connectivity index (χ2n) is 12.7. The first kappa shape index (κ1) is 32.4. The Morgan fingerprint density at radius 2 is 1.43 bits per heavy atom. The van der Waals surface area contributed by atoms with Gasteiger partial charge in [0.05, 0.1) is 23.3 Å². The summed E-state index contributed by atoms with van der Waals surface area (Å²) in [6, 6.07) is 0. The summed E-state index contributed by atoms with van der Waals surface area (Å²) in [4.78, 5) is 18.3. The standard InChI is InChI=1S/C30H59NO4/c1-9-26(20-17-24-34-25-30(6,7)33-8)19-15-13-11-10-12-14-16-21-27(32)35-31-28(2,3)22-18-23-29(31,4)5/h26H,9-25H2,1-8H3. The third-order valence-corrected chi connectivity index (χ3v) is 7.84. The molecular formula is C30H59NO4. The largest absolute Gasteiger partial charge is 0.378 e. The number of unbranched alkanes of at least 4 members (excludes halogenated alkanes) is 6. The maximum absolute atomic E-state index is 12.4. The van der Waals surface area contributed by atoms with Crippen molar-refractivity contribution >= 4 is 5.97 Å². The van der Waals surface area contributed by atoms with Crippen LogP contribution in [-0.4, -0.2) is 48.0 Å². The Bertz CT molecular complexity index is 557. The van der Waals surface area contributed by atoms with Gasteiger partial charge in [-0.1, -0.05) is 58.3 Å². The van der Waals surface area contributed by atoms with Crippen LogP contribution in [0.4, 0.5) is 0 Å². The van der Waals surface area contributed by atoms with Crippen LogP contribution >= 0.6 is 0 Å². The number of hydrogen-bond acceptors (Lipinski definition) is 5. The Hall–Kier alpha value is -0.650. The zero-order valence-electron chi connectivity index (χ0n) is 24.7. The van der Waals surface area contributed by atoms with Crippen molar-refractivity contribution in [3.05, 3.63) is 0 Å². The molecule has 0 N–H and O–H groups in total. The topological polar surface area (TPSA) is 48.0 Å². The molecule has 1 unspecified atom stereocenters. The minimum absolute atomic E-state index is 0.0635. The molecule has 1 atom stereocenters. The molecule has 0 aromatic rings. The normalized spacial score (nSPS) is 19.0. The maximum Gasteiger partial charge on any atom is 0.325 e. The average Bonchev–Trinajstić information content (AvgIpc) is 2.78. The van der Waals surface area contributed by atoms with E-state index in [4.69, 9.17) is 14.3 Å². The number of hydroxylamine groups is 2. The van der Waals surface area contributed by atoms with Crippen molar-refractivity contribution in [3.8, 4) is 0 Å². The van der Waals surface area contributed by atoms with E-state index < -0.39 is 0 Å². The van der Waals surface area contributed by atoms with E-state index in [1.54, 1.807) is 7.11 Å². The van der Waals surface area contributed by atoms with Gasteiger partial charge in [0.25, 0.3) is 0 Å². The molecule has 1 fully saturated rings. The lowest BCUT2D eigenvalue weighted by Crippen LogP contribution is -2.58. The predicted octanol–water partition coefficient (Wildman–Crippen LogP) is 8.25. The summed E-state index contributed by atoms with van der Waals surface area (Å²) in [6.07, 6.45) is 17.4. The van der Waals surface area contributed by atoms with E-state index in [0.29, 0.717) is 13.0 Å². The molecule has 1 saturated heterocycles. The third-order valence-electron chi connectivity index (χ3n) is 7.84. The molecule has 208 valence electrons. The summed E-state index contributed by atoms with van der Waals surface area (Å²) in [5, 5.41) is 1.98. The SMILES string of the molecule is CCC(CCCCCCCCCC(=O)ON1C(C)(C)CCCC1(C)C)CCCOCC(C)(C)OC. The van der Waals surface area contributed by atoms with Gasteiger partial charge in [0.15, 0.2) is 0 Å². The molecule has 1 heterocycles. The third kappa shape index (κ3) is 13.5. The lowest BCUT2D eigenvalue weighted by Gasteiger charge is -2.50. The van der Waals surface area contributed by atoms with Crippen LogP contribution in [0.15, 0.2) is 0 Å².